The minimum absolute atomic E-state index is 0.0858. The third kappa shape index (κ3) is 2.38. The first-order valence-corrected chi connectivity index (χ1v) is 6.38. The Kier molecular flexibility index (Phi) is 3.19. The second-order valence-electron chi connectivity index (χ2n) is 4.56. The number of nitro groups is 1. The molecule has 0 N–H and O–H groups in total. The lowest BCUT2D eigenvalue weighted by atomic mass is 10.0. The van der Waals surface area contributed by atoms with Gasteiger partial charge in [0.15, 0.2) is 5.82 Å². The number of hydrogen-bond donors (Lipinski definition) is 0. The second-order valence-corrected chi connectivity index (χ2v) is 4.56. The first kappa shape index (κ1) is 13.0. The van der Waals surface area contributed by atoms with Crippen molar-refractivity contribution < 1.29 is 4.92 Å². The van der Waals surface area contributed by atoms with Crippen LogP contribution < -0.4 is 0 Å². The van der Waals surface area contributed by atoms with Crippen molar-refractivity contribution in [1.82, 2.24) is 14.8 Å². The molecule has 0 aliphatic rings. The highest BCUT2D eigenvalue weighted by Crippen LogP contribution is 2.31. The standard InChI is InChI=1S/C15H12N4O2/c1-11-5-2-6-12(15(11)19(20)21)13-7-3-8-14(17-13)18-10-4-9-16-18/h2-10H,1H3. The molecule has 0 bridgehead atoms. The number of hydrogen-bond acceptors (Lipinski definition) is 4. The Hall–Kier alpha value is -3.02. The van der Waals surface area contributed by atoms with Crippen LogP contribution in [0.3, 0.4) is 0 Å². The first-order chi connectivity index (χ1) is 10.2. The fourth-order valence-corrected chi connectivity index (χ4v) is 2.21. The Bertz CT molecular complexity index is 797. The molecule has 0 radical (unpaired) electrons. The number of nitro benzene ring substituents is 1. The second kappa shape index (κ2) is 5.16. The molecule has 3 aromatic rings. The van der Waals surface area contributed by atoms with Crippen LogP contribution in [0.4, 0.5) is 5.69 Å². The summed E-state index contributed by atoms with van der Waals surface area (Å²) in [6, 6.07) is 12.4. The molecular formula is C15H12N4O2. The van der Waals surface area contributed by atoms with E-state index in [-0.39, 0.29) is 10.6 Å². The Morgan fingerprint density at radius 2 is 1.95 bits per heavy atom. The maximum Gasteiger partial charge on any atom is 0.281 e. The summed E-state index contributed by atoms with van der Waals surface area (Å²) in [4.78, 5) is 15.4. The summed E-state index contributed by atoms with van der Waals surface area (Å²) >= 11 is 0. The SMILES string of the molecule is Cc1cccc(-c2cccc(-n3cccn3)n2)c1[N+](=O)[O-]. The molecule has 0 amide bonds. The van der Waals surface area contributed by atoms with Crippen LogP contribution in [0.2, 0.25) is 0 Å². The van der Waals surface area contributed by atoms with Gasteiger partial charge in [-0.1, -0.05) is 18.2 Å². The average molecular weight is 280 g/mol. The van der Waals surface area contributed by atoms with Gasteiger partial charge in [-0.05, 0) is 31.2 Å². The molecule has 0 aliphatic carbocycles. The molecular weight excluding hydrogens is 268 g/mol. The monoisotopic (exact) mass is 280 g/mol. The van der Waals surface area contributed by atoms with E-state index in [2.05, 4.69) is 10.1 Å². The van der Waals surface area contributed by atoms with Crippen molar-refractivity contribution in [3.63, 3.8) is 0 Å². The Balaban J connectivity index is 2.16. The maximum atomic E-state index is 11.3. The normalized spacial score (nSPS) is 10.5. The van der Waals surface area contributed by atoms with E-state index in [0.29, 0.717) is 22.6 Å². The number of rotatable bonds is 3. The van der Waals surface area contributed by atoms with Gasteiger partial charge in [0.1, 0.15) is 0 Å². The van der Waals surface area contributed by atoms with Gasteiger partial charge in [-0.2, -0.15) is 5.10 Å². The highest BCUT2D eigenvalue weighted by atomic mass is 16.6. The lowest BCUT2D eigenvalue weighted by molar-refractivity contribution is -0.384. The summed E-state index contributed by atoms with van der Waals surface area (Å²) in [7, 11) is 0. The van der Waals surface area contributed by atoms with Crippen LogP contribution in [-0.4, -0.2) is 19.7 Å². The van der Waals surface area contributed by atoms with E-state index in [1.165, 1.54) is 0 Å². The van der Waals surface area contributed by atoms with Crippen LogP contribution in [0.25, 0.3) is 17.1 Å². The largest absolute Gasteiger partial charge is 0.281 e. The summed E-state index contributed by atoms with van der Waals surface area (Å²) in [5.74, 6) is 0.619. The molecule has 0 saturated heterocycles. The Labute approximate surface area is 120 Å². The fourth-order valence-electron chi connectivity index (χ4n) is 2.21. The van der Waals surface area contributed by atoms with Gasteiger partial charge in [0.2, 0.25) is 0 Å². The first-order valence-electron chi connectivity index (χ1n) is 6.38. The molecule has 3 rings (SSSR count). The molecule has 0 saturated carbocycles. The number of pyridine rings is 1. The van der Waals surface area contributed by atoms with Crippen molar-refractivity contribution in [3.8, 4) is 17.1 Å². The van der Waals surface area contributed by atoms with Crippen LogP contribution in [-0.2, 0) is 0 Å². The molecule has 2 aromatic heterocycles. The van der Waals surface area contributed by atoms with Crippen LogP contribution in [0.15, 0.2) is 54.9 Å². The van der Waals surface area contributed by atoms with Gasteiger partial charge in [0, 0.05) is 18.0 Å². The summed E-state index contributed by atoms with van der Waals surface area (Å²) < 4.78 is 1.62. The van der Waals surface area contributed by atoms with Crippen molar-refractivity contribution in [2.75, 3.05) is 0 Å². The van der Waals surface area contributed by atoms with E-state index in [9.17, 15) is 10.1 Å². The van der Waals surface area contributed by atoms with Crippen LogP contribution in [0.1, 0.15) is 5.56 Å². The van der Waals surface area contributed by atoms with Crippen molar-refractivity contribution in [3.05, 3.63) is 70.5 Å². The summed E-state index contributed by atoms with van der Waals surface area (Å²) in [6.45, 7) is 1.72. The zero-order chi connectivity index (χ0) is 14.8. The Morgan fingerprint density at radius 1 is 1.14 bits per heavy atom. The lowest BCUT2D eigenvalue weighted by Gasteiger charge is -2.07. The number of benzene rings is 1. The topological polar surface area (TPSA) is 73.8 Å². The summed E-state index contributed by atoms with van der Waals surface area (Å²) in [5, 5.41) is 15.4. The van der Waals surface area contributed by atoms with Gasteiger partial charge >= 0.3 is 0 Å². The molecule has 21 heavy (non-hydrogen) atoms. The van der Waals surface area contributed by atoms with E-state index >= 15 is 0 Å². The van der Waals surface area contributed by atoms with Crippen molar-refractivity contribution in [2.24, 2.45) is 0 Å². The number of aryl methyl sites for hydroxylation is 1. The molecule has 1 aromatic carbocycles. The fraction of sp³-hybridized carbons (Fsp3) is 0.0667. The van der Waals surface area contributed by atoms with Crippen molar-refractivity contribution >= 4 is 5.69 Å². The zero-order valence-electron chi connectivity index (χ0n) is 11.3. The lowest BCUT2D eigenvalue weighted by Crippen LogP contribution is -2.00. The minimum Gasteiger partial charge on any atom is -0.258 e. The van der Waals surface area contributed by atoms with Gasteiger partial charge in [-0.25, -0.2) is 9.67 Å². The van der Waals surface area contributed by atoms with Gasteiger partial charge in [0.25, 0.3) is 5.69 Å². The van der Waals surface area contributed by atoms with Crippen LogP contribution in [0.5, 0.6) is 0 Å². The molecule has 0 atom stereocenters. The van der Waals surface area contributed by atoms with E-state index in [1.54, 1.807) is 60.4 Å². The third-order valence-corrected chi connectivity index (χ3v) is 3.17. The highest BCUT2D eigenvalue weighted by Gasteiger charge is 2.19. The summed E-state index contributed by atoms with van der Waals surface area (Å²) in [5.41, 5.74) is 1.76. The van der Waals surface area contributed by atoms with Crippen molar-refractivity contribution in [2.45, 2.75) is 6.92 Å². The van der Waals surface area contributed by atoms with Crippen LogP contribution >= 0.6 is 0 Å². The zero-order valence-corrected chi connectivity index (χ0v) is 11.3. The van der Waals surface area contributed by atoms with E-state index < -0.39 is 0 Å². The number of para-hydroxylation sites is 1. The minimum atomic E-state index is -0.368. The summed E-state index contributed by atoms with van der Waals surface area (Å²) in [6.07, 6.45) is 3.43. The molecule has 0 fully saturated rings. The molecule has 0 unspecified atom stereocenters. The van der Waals surface area contributed by atoms with Gasteiger partial charge < -0.3 is 0 Å². The average Bonchev–Trinajstić information content (AvgIpc) is 3.01. The van der Waals surface area contributed by atoms with Crippen LogP contribution in [0, 0.1) is 17.0 Å². The predicted octanol–water partition coefficient (Wildman–Crippen LogP) is 3.15. The molecule has 0 aliphatic heterocycles. The number of nitrogens with zero attached hydrogens (tertiary/aromatic N) is 4. The van der Waals surface area contributed by atoms with Crippen molar-refractivity contribution in [1.29, 1.82) is 0 Å². The quantitative estimate of drug-likeness (QED) is 0.545. The van der Waals surface area contributed by atoms with Gasteiger partial charge in [0.05, 0.1) is 16.2 Å². The van der Waals surface area contributed by atoms with E-state index in [1.807, 2.05) is 6.07 Å². The predicted molar refractivity (Wildman–Crippen MR) is 78.2 cm³/mol. The molecule has 104 valence electrons. The third-order valence-electron chi connectivity index (χ3n) is 3.17. The Morgan fingerprint density at radius 3 is 2.67 bits per heavy atom. The number of aromatic nitrogens is 3. The van der Waals surface area contributed by atoms with E-state index in [0.717, 1.165) is 0 Å². The van der Waals surface area contributed by atoms with E-state index in [4.69, 9.17) is 0 Å². The molecule has 0 spiro atoms. The highest BCUT2D eigenvalue weighted by molar-refractivity contribution is 5.73. The molecule has 6 heteroatoms. The van der Waals surface area contributed by atoms with Gasteiger partial charge in [-0.15, -0.1) is 0 Å². The maximum absolute atomic E-state index is 11.3. The smallest absolute Gasteiger partial charge is 0.258 e. The molecule has 2 heterocycles. The van der Waals surface area contributed by atoms with Gasteiger partial charge in [-0.3, -0.25) is 10.1 Å². The molecule has 6 nitrogen and oxygen atoms in total.